The van der Waals surface area contributed by atoms with Crippen molar-refractivity contribution in [1.82, 2.24) is 20.5 Å². The second-order valence-electron chi connectivity index (χ2n) is 8.45. The van der Waals surface area contributed by atoms with Crippen molar-refractivity contribution in [3.8, 4) is 5.75 Å². The third-order valence-corrected chi connectivity index (χ3v) is 6.02. The highest BCUT2D eigenvalue weighted by atomic mass is 127. The summed E-state index contributed by atoms with van der Waals surface area (Å²) in [5.74, 6) is 2.90. The highest BCUT2D eigenvalue weighted by Gasteiger charge is 2.21. The van der Waals surface area contributed by atoms with Crippen LogP contribution in [0, 0.1) is 25.6 Å². The van der Waals surface area contributed by atoms with Crippen LogP contribution in [0.5, 0.6) is 5.75 Å². The molecule has 0 spiro atoms. The average Bonchev–Trinajstić information content (AvgIpc) is 3.09. The summed E-state index contributed by atoms with van der Waals surface area (Å²) in [5.41, 5.74) is 1.82. The fourth-order valence-corrected chi connectivity index (χ4v) is 3.91. The molecule has 184 valence electrons. The third-order valence-electron chi connectivity index (χ3n) is 6.02. The van der Waals surface area contributed by atoms with Crippen molar-refractivity contribution >= 4 is 29.9 Å². The van der Waals surface area contributed by atoms with Gasteiger partial charge in [-0.15, -0.1) is 24.0 Å². The van der Waals surface area contributed by atoms with Crippen molar-refractivity contribution < 1.29 is 13.5 Å². The van der Waals surface area contributed by atoms with Crippen LogP contribution in [0.3, 0.4) is 0 Å². The quantitative estimate of drug-likeness (QED) is 0.274. The summed E-state index contributed by atoms with van der Waals surface area (Å²) < 4.78 is 24.8. The molecule has 0 bridgehead atoms. The number of ether oxygens (including phenoxy) is 1. The van der Waals surface area contributed by atoms with Gasteiger partial charge in [0.1, 0.15) is 5.76 Å². The molecule has 0 saturated carbocycles. The van der Waals surface area contributed by atoms with Crippen LogP contribution in [0.4, 0.5) is 4.39 Å². The molecule has 3 rings (SSSR count). The van der Waals surface area contributed by atoms with Crippen LogP contribution >= 0.6 is 24.0 Å². The third kappa shape index (κ3) is 7.84. The number of likely N-dealkylation sites (tertiary alicyclic amines) is 1. The molecule has 2 heterocycles. The Morgan fingerprint density at radius 3 is 2.64 bits per heavy atom. The molecule has 0 radical (unpaired) electrons. The van der Waals surface area contributed by atoms with E-state index in [9.17, 15) is 4.39 Å². The molecule has 0 amide bonds. The molecule has 2 N–H and O–H groups in total. The molecule has 1 aliphatic rings. The lowest BCUT2D eigenvalue weighted by Crippen LogP contribution is -2.39. The van der Waals surface area contributed by atoms with Crippen LogP contribution in [0.15, 0.2) is 27.6 Å². The first-order valence-electron chi connectivity index (χ1n) is 11.4. The number of halogens is 2. The highest BCUT2D eigenvalue weighted by Crippen LogP contribution is 2.22. The number of aryl methyl sites for hydroxylation is 2. The second-order valence-corrected chi connectivity index (χ2v) is 8.45. The topological polar surface area (TPSA) is 74.9 Å². The van der Waals surface area contributed by atoms with E-state index >= 15 is 0 Å². The first-order chi connectivity index (χ1) is 15.4. The first-order valence-corrected chi connectivity index (χ1v) is 11.4. The molecule has 1 aromatic carbocycles. The summed E-state index contributed by atoms with van der Waals surface area (Å²) in [7, 11) is 1.47. The van der Waals surface area contributed by atoms with Crippen molar-refractivity contribution in [2.45, 2.75) is 53.1 Å². The van der Waals surface area contributed by atoms with Gasteiger partial charge in [0.2, 0.25) is 5.89 Å². The molecule has 9 heteroatoms. The van der Waals surface area contributed by atoms with Crippen molar-refractivity contribution in [3.05, 3.63) is 46.9 Å². The van der Waals surface area contributed by atoms with Gasteiger partial charge in [-0.25, -0.2) is 9.37 Å². The largest absolute Gasteiger partial charge is 0.494 e. The van der Waals surface area contributed by atoms with Gasteiger partial charge in [0.25, 0.3) is 0 Å². The minimum Gasteiger partial charge on any atom is -0.494 e. The minimum absolute atomic E-state index is 0. The van der Waals surface area contributed by atoms with Gasteiger partial charge in [-0.2, -0.15) is 0 Å². The van der Waals surface area contributed by atoms with Crippen molar-refractivity contribution in [2.24, 2.45) is 10.9 Å². The normalized spacial score (nSPS) is 16.2. The first kappa shape index (κ1) is 27.4. The molecule has 0 aliphatic carbocycles. The van der Waals surface area contributed by atoms with Crippen LogP contribution < -0.4 is 15.4 Å². The number of nitrogens with zero attached hydrogens (tertiary/aromatic N) is 3. The van der Waals surface area contributed by atoms with Crippen LogP contribution in [0.2, 0.25) is 0 Å². The molecule has 1 saturated heterocycles. The molecule has 1 fully saturated rings. The number of guanidine groups is 1. The standard InChI is InChI=1S/C24H36FN5O2.HI/c1-6-26-24(29-17(3)20-7-8-22(31-5)21(25)13-20)27-14-19-9-11-30(12-10-19)15-23-28-16(2)18(4)32-23;/h7-8,13,17,19H,6,9-12,14-15H2,1-5H3,(H2,26,27,29);1H. The fourth-order valence-electron chi connectivity index (χ4n) is 3.91. The number of aliphatic imine (C=N–C) groups is 1. The van der Waals surface area contributed by atoms with Gasteiger partial charge in [-0.1, -0.05) is 6.07 Å². The summed E-state index contributed by atoms with van der Waals surface area (Å²) >= 11 is 0. The Morgan fingerprint density at radius 1 is 1.33 bits per heavy atom. The molecule has 1 aromatic heterocycles. The Labute approximate surface area is 213 Å². The molecular weight excluding hydrogens is 536 g/mol. The second kappa shape index (κ2) is 13.1. The Morgan fingerprint density at radius 2 is 2.06 bits per heavy atom. The number of rotatable bonds is 8. The predicted octanol–water partition coefficient (Wildman–Crippen LogP) is 4.59. The number of hydrogen-bond acceptors (Lipinski definition) is 5. The maximum Gasteiger partial charge on any atom is 0.208 e. The van der Waals surface area contributed by atoms with E-state index in [1.54, 1.807) is 6.07 Å². The zero-order chi connectivity index (χ0) is 23.1. The van der Waals surface area contributed by atoms with E-state index in [1.807, 2.05) is 33.8 Å². The molecule has 2 aromatic rings. The smallest absolute Gasteiger partial charge is 0.208 e. The van der Waals surface area contributed by atoms with E-state index < -0.39 is 0 Å². The van der Waals surface area contributed by atoms with E-state index in [-0.39, 0.29) is 41.6 Å². The average molecular weight is 573 g/mol. The van der Waals surface area contributed by atoms with E-state index in [2.05, 4.69) is 20.5 Å². The Kier molecular flexibility index (Phi) is 10.9. The summed E-state index contributed by atoms with van der Waals surface area (Å²) in [4.78, 5) is 11.7. The van der Waals surface area contributed by atoms with E-state index in [1.165, 1.54) is 13.2 Å². The maximum absolute atomic E-state index is 14.1. The zero-order valence-electron chi connectivity index (χ0n) is 20.3. The number of benzene rings is 1. The van der Waals surface area contributed by atoms with Gasteiger partial charge < -0.3 is 19.8 Å². The summed E-state index contributed by atoms with van der Waals surface area (Å²) in [5, 5.41) is 6.69. The Hall–Kier alpha value is -1.88. The van der Waals surface area contributed by atoms with Crippen molar-refractivity contribution in [1.29, 1.82) is 0 Å². The van der Waals surface area contributed by atoms with Crippen LogP contribution in [-0.4, -0.2) is 49.1 Å². The predicted molar refractivity (Wildman–Crippen MR) is 140 cm³/mol. The van der Waals surface area contributed by atoms with Gasteiger partial charge in [0.05, 0.1) is 25.4 Å². The number of hydrogen-bond donors (Lipinski definition) is 2. The van der Waals surface area contributed by atoms with Gasteiger partial charge >= 0.3 is 0 Å². The molecule has 1 unspecified atom stereocenters. The van der Waals surface area contributed by atoms with Gasteiger partial charge in [0, 0.05) is 13.1 Å². The fraction of sp³-hybridized carbons (Fsp3) is 0.583. The molecule has 1 aliphatic heterocycles. The molecule has 33 heavy (non-hydrogen) atoms. The lowest BCUT2D eigenvalue weighted by atomic mass is 9.97. The number of aromatic nitrogens is 1. The Bertz CT molecular complexity index is 893. The van der Waals surface area contributed by atoms with Gasteiger partial charge in [0.15, 0.2) is 17.5 Å². The molecule has 7 nitrogen and oxygen atoms in total. The maximum atomic E-state index is 14.1. The number of piperidine rings is 1. The summed E-state index contributed by atoms with van der Waals surface area (Å²) in [6, 6.07) is 4.95. The van der Waals surface area contributed by atoms with Crippen molar-refractivity contribution in [2.75, 3.05) is 33.3 Å². The number of nitrogens with one attached hydrogen (secondary N) is 2. The molecule has 1 atom stereocenters. The minimum atomic E-state index is -0.359. The number of oxazole rings is 1. The molecular formula is C24H37FIN5O2. The summed E-state index contributed by atoms with van der Waals surface area (Å²) in [6.07, 6.45) is 2.20. The van der Waals surface area contributed by atoms with E-state index in [4.69, 9.17) is 14.1 Å². The van der Waals surface area contributed by atoms with Gasteiger partial charge in [-0.05, 0) is 77.2 Å². The SMILES string of the molecule is CCNC(=NCC1CCN(Cc2nc(C)c(C)o2)CC1)NC(C)c1ccc(OC)c(F)c1.I. The zero-order valence-corrected chi connectivity index (χ0v) is 22.6. The summed E-state index contributed by atoms with van der Waals surface area (Å²) in [6.45, 7) is 12.3. The van der Waals surface area contributed by atoms with Gasteiger partial charge in [-0.3, -0.25) is 9.89 Å². The lowest BCUT2D eigenvalue weighted by Gasteiger charge is -2.30. The van der Waals surface area contributed by atoms with Crippen molar-refractivity contribution in [3.63, 3.8) is 0 Å². The number of methoxy groups -OCH3 is 1. The van der Waals surface area contributed by atoms with Crippen LogP contribution in [0.25, 0.3) is 0 Å². The monoisotopic (exact) mass is 573 g/mol. The van der Waals surface area contributed by atoms with E-state index in [0.717, 1.165) is 74.4 Å². The highest BCUT2D eigenvalue weighted by molar-refractivity contribution is 14.0. The lowest BCUT2D eigenvalue weighted by molar-refractivity contribution is 0.166. The Balaban J connectivity index is 0.00000385. The van der Waals surface area contributed by atoms with Crippen LogP contribution in [-0.2, 0) is 6.54 Å². The van der Waals surface area contributed by atoms with Crippen LogP contribution in [0.1, 0.15) is 55.6 Å². The van der Waals surface area contributed by atoms with E-state index in [0.29, 0.717) is 5.92 Å².